The van der Waals surface area contributed by atoms with Gasteiger partial charge in [0.25, 0.3) is 17.7 Å². The highest BCUT2D eigenvalue weighted by molar-refractivity contribution is 7.09. The van der Waals surface area contributed by atoms with Gasteiger partial charge in [0.15, 0.2) is 11.7 Å². The molecule has 9 nitrogen and oxygen atoms in total. The zero-order chi connectivity index (χ0) is 26.7. The largest absolute Gasteiger partial charge is 0.467 e. The van der Waals surface area contributed by atoms with Crippen molar-refractivity contribution in [3.05, 3.63) is 64.6 Å². The predicted octanol–water partition coefficient (Wildman–Crippen LogP) is 4.60. The maximum atomic E-state index is 14.1. The minimum Gasteiger partial charge on any atom is -0.467 e. The number of benzene rings is 1. The summed E-state index contributed by atoms with van der Waals surface area (Å²) in [5.74, 6) is -1.07. The van der Waals surface area contributed by atoms with Gasteiger partial charge in [0.1, 0.15) is 10.6 Å². The van der Waals surface area contributed by atoms with Crippen LogP contribution < -0.4 is 21.3 Å². The zero-order valence-electron chi connectivity index (χ0n) is 21.5. The molecule has 3 aromatic rings. The number of carbonyl (C=O) groups excluding carboxylic acids is 3. The van der Waals surface area contributed by atoms with Crippen LogP contribution in [0, 0.1) is 6.92 Å². The second-order valence-electron chi connectivity index (χ2n) is 10.4. The SMILES string of the molecule is Cc1cccc(N(C(=O)c2snc(C(=O)NC3CCCC3)c2N)[C@@H](C(=O)NC(C)(C)C)c2ccco2)c1. The van der Waals surface area contributed by atoms with E-state index in [2.05, 4.69) is 15.0 Å². The summed E-state index contributed by atoms with van der Waals surface area (Å²) in [6, 6.07) is 9.54. The molecule has 0 aliphatic heterocycles. The van der Waals surface area contributed by atoms with Crippen LogP contribution in [-0.2, 0) is 4.79 Å². The molecule has 1 fully saturated rings. The molecule has 4 N–H and O–H groups in total. The summed E-state index contributed by atoms with van der Waals surface area (Å²) in [7, 11) is 0. The van der Waals surface area contributed by atoms with E-state index in [0.29, 0.717) is 11.4 Å². The Balaban J connectivity index is 1.76. The van der Waals surface area contributed by atoms with Crippen LogP contribution in [0.4, 0.5) is 11.4 Å². The van der Waals surface area contributed by atoms with E-state index in [-0.39, 0.29) is 22.3 Å². The lowest BCUT2D eigenvalue weighted by Gasteiger charge is -2.32. The molecule has 0 saturated heterocycles. The Morgan fingerprint density at radius 1 is 1.16 bits per heavy atom. The standard InChI is InChI=1S/C27H33N5O4S/c1-16-9-7-12-18(15-16)32(22(19-13-8-14-36-19)25(34)30-27(2,3)4)26(35)23-20(28)21(31-37-23)24(33)29-17-10-5-6-11-17/h7-9,12-15,17,22H,5-6,10-11,28H2,1-4H3,(H,29,33)(H,30,34)/t22-/m1/s1. The number of rotatable bonds is 7. The van der Waals surface area contributed by atoms with Crippen LogP contribution in [0.15, 0.2) is 47.1 Å². The van der Waals surface area contributed by atoms with Crippen LogP contribution in [0.3, 0.4) is 0 Å². The highest BCUT2D eigenvalue weighted by Gasteiger charge is 2.39. The van der Waals surface area contributed by atoms with Gasteiger partial charge < -0.3 is 20.8 Å². The summed E-state index contributed by atoms with van der Waals surface area (Å²) < 4.78 is 9.87. The van der Waals surface area contributed by atoms with E-state index in [9.17, 15) is 14.4 Å². The maximum absolute atomic E-state index is 14.1. The fourth-order valence-corrected chi connectivity index (χ4v) is 5.20. The highest BCUT2D eigenvalue weighted by atomic mass is 32.1. The number of aromatic nitrogens is 1. The molecule has 2 heterocycles. The summed E-state index contributed by atoms with van der Waals surface area (Å²) in [6.07, 6.45) is 5.42. The number of hydrogen-bond donors (Lipinski definition) is 3. The van der Waals surface area contributed by atoms with Gasteiger partial charge >= 0.3 is 0 Å². The second-order valence-corrected chi connectivity index (χ2v) is 11.2. The molecule has 2 aromatic heterocycles. The first-order valence-electron chi connectivity index (χ1n) is 12.4. The lowest BCUT2D eigenvalue weighted by Crippen LogP contribution is -2.49. The van der Waals surface area contributed by atoms with Crippen molar-refractivity contribution in [1.29, 1.82) is 0 Å². The number of nitrogens with one attached hydrogen (secondary N) is 2. The van der Waals surface area contributed by atoms with Gasteiger partial charge in [-0.3, -0.25) is 19.3 Å². The Bertz CT molecular complexity index is 1270. The van der Waals surface area contributed by atoms with Crippen LogP contribution in [0.25, 0.3) is 0 Å². The van der Waals surface area contributed by atoms with Crippen molar-refractivity contribution >= 4 is 40.6 Å². The fraction of sp³-hybridized carbons (Fsp3) is 0.407. The highest BCUT2D eigenvalue weighted by Crippen LogP contribution is 2.34. The third-order valence-corrected chi connectivity index (χ3v) is 6.99. The van der Waals surface area contributed by atoms with Gasteiger partial charge in [-0.1, -0.05) is 25.0 Å². The Kier molecular flexibility index (Phi) is 7.68. The Labute approximate surface area is 220 Å². The van der Waals surface area contributed by atoms with Gasteiger partial charge in [0, 0.05) is 17.3 Å². The van der Waals surface area contributed by atoms with Crippen LogP contribution in [-0.4, -0.2) is 33.7 Å². The quantitative estimate of drug-likeness (QED) is 0.415. The second kappa shape index (κ2) is 10.8. The molecule has 1 saturated carbocycles. The lowest BCUT2D eigenvalue weighted by atomic mass is 10.0. The smallest absolute Gasteiger partial charge is 0.273 e. The number of nitrogens with zero attached hydrogens (tertiary/aromatic N) is 2. The van der Waals surface area contributed by atoms with E-state index in [0.717, 1.165) is 42.8 Å². The van der Waals surface area contributed by atoms with Crippen molar-refractivity contribution in [1.82, 2.24) is 15.0 Å². The molecule has 196 valence electrons. The van der Waals surface area contributed by atoms with E-state index in [1.165, 1.54) is 11.2 Å². The number of hydrogen-bond acceptors (Lipinski definition) is 7. The Morgan fingerprint density at radius 3 is 2.51 bits per heavy atom. The van der Waals surface area contributed by atoms with E-state index in [4.69, 9.17) is 10.2 Å². The summed E-state index contributed by atoms with van der Waals surface area (Å²) in [5, 5.41) is 5.92. The van der Waals surface area contributed by atoms with E-state index >= 15 is 0 Å². The monoisotopic (exact) mass is 523 g/mol. The zero-order valence-corrected chi connectivity index (χ0v) is 22.4. The summed E-state index contributed by atoms with van der Waals surface area (Å²) in [5.41, 5.74) is 7.19. The molecule has 4 rings (SSSR count). The molecule has 0 bridgehead atoms. The first-order valence-corrected chi connectivity index (χ1v) is 13.1. The molecule has 0 unspecified atom stereocenters. The van der Waals surface area contributed by atoms with Gasteiger partial charge in [-0.15, -0.1) is 0 Å². The van der Waals surface area contributed by atoms with Crippen molar-refractivity contribution in [2.24, 2.45) is 0 Å². The molecule has 1 aliphatic carbocycles. The topological polar surface area (TPSA) is 131 Å². The minimum absolute atomic E-state index is 0.00225. The van der Waals surface area contributed by atoms with Crippen LogP contribution in [0.5, 0.6) is 0 Å². The Hall–Kier alpha value is -3.66. The van der Waals surface area contributed by atoms with Crippen molar-refractivity contribution in [3.8, 4) is 0 Å². The molecule has 1 atom stereocenters. The summed E-state index contributed by atoms with van der Waals surface area (Å²) in [4.78, 5) is 42.1. The molecule has 0 spiro atoms. The van der Waals surface area contributed by atoms with Crippen molar-refractivity contribution in [2.45, 2.75) is 71.0 Å². The van der Waals surface area contributed by atoms with Gasteiger partial charge in [0.05, 0.1) is 12.0 Å². The fourth-order valence-electron chi connectivity index (χ4n) is 4.47. The summed E-state index contributed by atoms with van der Waals surface area (Å²) in [6.45, 7) is 7.48. The first-order chi connectivity index (χ1) is 17.5. The number of nitrogen functional groups attached to an aromatic ring is 1. The molecule has 1 aromatic carbocycles. The molecule has 3 amide bonds. The van der Waals surface area contributed by atoms with Gasteiger partial charge in [-0.05, 0) is 81.9 Å². The molecular formula is C27H33N5O4S. The number of anilines is 2. The number of furan rings is 1. The number of amides is 3. The third-order valence-electron chi connectivity index (χ3n) is 6.14. The van der Waals surface area contributed by atoms with Crippen LogP contribution >= 0.6 is 11.5 Å². The average molecular weight is 524 g/mol. The van der Waals surface area contributed by atoms with Gasteiger partial charge in [-0.25, -0.2) is 0 Å². The normalized spacial score (nSPS) is 14.8. The van der Waals surface area contributed by atoms with Gasteiger partial charge in [-0.2, -0.15) is 4.37 Å². The lowest BCUT2D eigenvalue weighted by molar-refractivity contribution is -0.124. The molecule has 37 heavy (non-hydrogen) atoms. The van der Waals surface area contributed by atoms with Crippen molar-refractivity contribution in [3.63, 3.8) is 0 Å². The van der Waals surface area contributed by atoms with Gasteiger partial charge in [0.2, 0.25) is 0 Å². The third kappa shape index (κ3) is 6.02. The molecule has 10 heteroatoms. The Morgan fingerprint density at radius 2 is 1.89 bits per heavy atom. The first kappa shape index (κ1) is 26.4. The molecular weight excluding hydrogens is 490 g/mol. The molecule has 1 aliphatic rings. The van der Waals surface area contributed by atoms with E-state index in [1.54, 1.807) is 18.2 Å². The molecule has 0 radical (unpaired) electrons. The predicted molar refractivity (Wildman–Crippen MR) is 144 cm³/mol. The average Bonchev–Trinajstić information content (AvgIpc) is 3.58. The van der Waals surface area contributed by atoms with Crippen LogP contribution in [0.1, 0.15) is 84.0 Å². The number of carbonyl (C=O) groups is 3. The van der Waals surface area contributed by atoms with E-state index in [1.807, 2.05) is 45.9 Å². The number of aryl methyl sites for hydroxylation is 1. The van der Waals surface area contributed by atoms with E-state index < -0.39 is 29.3 Å². The van der Waals surface area contributed by atoms with Crippen molar-refractivity contribution < 1.29 is 18.8 Å². The van der Waals surface area contributed by atoms with Crippen molar-refractivity contribution in [2.75, 3.05) is 10.6 Å². The summed E-state index contributed by atoms with van der Waals surface area (Å²) >= 11 is 0.848. The maximum Gasteiger partial charge on any atom is 0.273 e. The minimum atomic E-state index is -1.12. The number of nitrogens with two attached hydrogens (primary N) is 1. The van der Waals surface area contributed by atoms with Crippen LogP contribution in [0.2, 0.25) is 0 Å².